The fourth-order valence-electron chi connectivity index (χ4n) is 5.08. The van der Waals surface area contributed by atoms with Crippen molar-refractivity contribution in [1.82, 2.24) is 0 Å². The predicted molar refractivity (Wildman–Crippen MR) is 157 cm³/mol. The van der Waals surface area contributed by atoms with E-state index in [2.05, 4.69) is 11.7 Å². The summed E-state index contributed by atoms with van der Waals surface area (Å²) in [6, 6.07) is 17.6. The lowest BCUT2D eigenvalue weighted by Gasteiger charge is -2.20. The molecular formula is C36H26F8O. The van der Waals surface area contributed by atoms with Gasteiger partial charge in [0.25, 0.3) is 0 Å². The molecule has 0 saturated heterocycles. The minimum atomic E-state index is -4.71. The van der Waals surface area contributed by atoms with Gasteiger partial charge >= 0.3 is 6.11 Å². The van der Waals surface area contributed by atoms with Crippen molar-refractivity contribution in [2.45, 2.75) is 38.7 Å². The van der Waals surface area contributed by atoms with Crippen LogP contribution in [-0.2, 0) is 12.5 Å². The highest BCUT2D eigenvalue weighted by molar-refractivity contribution is 5.72. The molecule has 232 valence electrons. The molecule has 0 fully saturated rings. The van der Waals surface area contributed by atoms with E-state index in [1.807, 2.05) is 24.3 Å². The van der Waals surface area contributed by atoms with Gasteiger partial charge in [0.05, 0.1) is 5.56 Å². The summed E-state index contributed by atoms with van der Waals surface area (Å²) in [6.45, 7) is 2.12. The molecule has 0 spiro atoms. The summed E-state index contributed by atoms with van der Waals surface area (Å²) in [5.74, 6) is -8.73. The molecule has 0 heterocycles. The molecule has 9 heteroatoms. The molecule has 45 heavy (non-hydrogen) atoms. The summed E-state index contributed by atoms with van der Waals surface area (Å²) in [7, 11) is 0. The van der Waals surface area contributed by atoms with E-state index in [9.17, 15) is 22.0 Å². The first-order valence-corrected chi connectivity index (χ1v) is 14.2. The monoisotopic (exact) mass is 626 g/mol. The Hall–Kier alpha value is -4.66. The molecule has 0 aliphatic carbocycles. The zero-order valence-corrected chi connectivity index (χ0v) is 23.9. The summed E-state index contributed by atoms with van der Waals surface area (Å²) in [5, 5.41) is 0. The normalized spacial score (nSPS) is 11.6. The maximum atomic E-state index is 15.1. The molecule has 0 saturated carbocycles. The van der Waals surface area contributed by atoms with Gasteiger partial charge in [0.15, 0.2) is 0 Å². The average molecular weight is 627 g/mol. The number of halogens is 8. The minimum absolute atomic E-state index is 0.0756. The summed E-state index contributed by atoms with van der Waals surface area (Å²) in [6.07, 6.45) is -0.500. The maximum Gasteiger partial charge on any atom is 0.432 e. The van der Waals surface area contributed by atoms with Crippen LogP contribution in [0.4, 0.5) is 35.1 Å². The van der Waals surface area contributed by atoms with Crippen molar-refractivity contribution in [3.8, 4) is 39.1 Å². The maximum absolute atomic E-state index is 15.1. The second-order valence-electron chi connectivity index (χ2n) is 10.6. The van der Waals surface area contributed by atoms with E-state index in [1.54, 1.807) is 6.07 Å². The van der Waals surface area contributed by atoms with Gasteiger partial charge in [-0.3, -0.25) is 0 Å². The van der Waals surface area contributed by atoms with Gasteiger partial charge in [-0.25, -0.2) is 26.3 Å². The summed E-state index contributed by atoms with van der Waals surface area (Å²) >= 11 is 0. The van der Waals surface area contributed by atoms with Crippen molar-refractivity contribution < 1.29 is 39.9 Å². The first kappa shape index (κ1) is 31.8. The molecule has 0 aliphatic heterocycles. The fourth-order valence-corrected chi connectivity index (χ4v) is 5.08. The van der Waals surface area contributed by atoms with Crippen LogP contribution in [0.2, 0.25) is 0 Å². The molecule has 0 radical (unpaired) electrons. The Labute approximate surface area is 254 Å². The number of alkyl halides is 2. The second-order valence-corrected chi connectivity index (χ2v) is 10.6. The van der Waals surface area contributed by atoms with Crippen LogP contribution in [0.3, 0.4) is 0 Å². The van der Waals surface area contributed by atoms with E-state index in [0.29, 0.717) is 29.8 Å². The summed E-state index contributed by atoms with van der Waals surface area (Å²) in [5.41, 5.74) is -0.737. The molecule has 5 rings (SSSR count). The lowest BCUT2D eigenvalue weighted by molar-refractivity contribution is -0.189. The van der Waals surface area contributed by atoms with Crippen molar-refractivity contribution in [2.24, 2.45) is 0 Å². The zero-order valence-electron chi connectivity index (χ0n) is 23.9. The third-order valence-electron chi connectivity index (χ3n) is 7.36. The van der Waals surface area contributed by atoms with E-state index < -0.39 is 57.9 Å². The molecule has 0 unspecified atom stereocenters. The molecule has 1 nitrogen and oxygen atoms in total. The molecule has 0 atom stereocenters. The fraction of sp³-hybridized carbons (Fsp3) is 0.167. The molecule has 5 aromatic rings. The summed E-state index contributed by atoms with van der Waals surface area (Å²) in [4.78, 5) is 0. The number of rotatable bonds is 10. The van der Waals surface area contributed by atoms with Crippen molar-refractivity contribution in [3.63, 3.8) is 0 Å². The highest BCUT2D eigenvalue weighted by Crippen LogP contribution is 2.39. The van der Waals surface area contributed by atoms with Crippen LogP contribution in [0.1, 0.15) is 37.3 Å². The molecule has 0 amide bonds. The van der Waals surface area contributed by atoms with Gasteiger partial charge in [-0.15, -0.1) is 0 Å². The van der Waals surface area contributed by atoms with E-state index in [4.69, 9.17) is 0 Å². The van der Waals surface area contributed by atoms with Gasteiger partial charge < -0.3 is 4.74 Å². The average Bonchev–Trinajstić information content (AvgIpc) is 2.97. The smallest absolute Gasteiger partial charge is 0.429 e. The molecular weight excluding hydrogens is 600 g/mol. The minimum Gasteiger partial charge on any atom is -0.429 e. The van der Waals surface area contributed by atoms with E-state index >= 15 is 13.2 Å². The SMILES string of the molecule is CCCCCc1ccc(-c2ccc(-c3cc(F)c(C(F)(F)Oc4cc(F)c(-c5ccc(F)cc5)c(F)c4)c(F)c3)c(F)c2)cc1. The Kier molecular flexibility index (Phi) is 9.27. The molecule has 0 aliphatic rings. The third-order valence-corrected chi connectivity index (χ3v) is 7.36. The van der Waals surface area contributed by atoms with Gasteiger partial charge in [-0.2, -0.15) is 8.78 Å². The van der Waals surface area contributed by atoms with Gasteiger partial charge in [0, 0.05) is 17.7 Å². The lowest BCUT2D eigenvalue weighted by atomic mass is 9.97. The topological polar surface area (TPSA) is 9.23 Å². The molecule has 0 aromatic heterocycles. The first-order chi connectivity index (χ1) is 21.5. The number of unbranched alkanes of at least 4 members (excludes halogenated alkanes) is 2. The van der Waals surface area contributed by atoms with E-state index in [-0.39, 0.29) is 16.7 Å². The molecule has 0 bridgehead atoms. The number of aryl methyl sites for hydroxylation is 1. The molecule has 5 aromatic carbocycles. The van der Waals surface area contributed by atoms with Crippen molar-refractivity contribution >= 4 is 0 Å². The van der Waals surface area contributed by atoms with Crippen LogP contribution >= 0.6 is 0 Å². The van der Waals surface area contributed by atoms with Crippen LogP contribution in [-0.4, -0.2) is 0 Å². The largest absolute Gasteiger partial charge is 0.432 e. The lowest BCUT2D eigenvalue weighted by Crippen LogP contribution is -2.25. The van der Waals surface area contributed by atoms with Gasteiger partial charge in [-0.05, 0) is 71.0 Å². The molecule has 0 N–H and O–H groups in total. The van der Waals surface area contributed by atoms with Gasteiger partial charge in [0.2, 0.25) is 0 Å². The van der Waals surface area contributed by atoms with Gasteiger partial charge in [-0.1, -0.05) is 68.3 Å². The zero-order chi connectivity index (χ0) is 32.3. The van der Waals surface area contributed by atoms with Gasteiger partial charge in [0.1, 0.15) is 46.2 Å². The van der Waals surface area contributed by atoms with Crippen LogP contribution in [0.15, 0.2) is 91.0 Å². The highest BCUT2D eigenvalue weighted by atomic mass is 19.3. The van der Waals surface area contributed by atoms with Crippen LogP contribution in [0.25, 0.3) is 33.4 Å². The van der Waals surface area contributed by atoms with Crippen molar-refractivity contribution in [1.29, 1.82) is 0 Å². The second kappa shape index (κ2) is 13.1. The Balaban J connectivity index is 1.37. The van der Waals surface area contributed by atoms with E-state index in [0.717, 1.165) is 61.1 Å². The quantitative estimate of drug-likeness (QED) is 0.111. The van der Waals surface area contributed by atoms with Crippen molar-refractivity contribution in [3.05, 3.63) is 137 Å². The Morgan fingerprint density at radius 3 is 1.69 bits per heavy atom. The number of benzene rings is 5. The summed E-state index contributed by atoms with van der Waals surface area (Å²) < 4.78 is 122. The highest BCUT2D eigenvalue weighted by Gasteiger charge is 2.41. The van der Waals surface area contributed by atoms with Crippen molar-refractivity contribution in [2.75, 3.05) is 0 Å². The van der Waals surface area contributed by atoms with E-state index in [1.165, 1.54) is 12.1 Å². The van der Waals surface area contributed by atoms with Crippen LogP contribution < -0.4 is 4.74 Å². The van der Waals surface area contributed by atoms with Crippen LogP contribution in [0, 0.1) is 34.9 Å². The predicted octanol–water partition coefficient (Wildman–Crippen LogP) is 11.4. The Bertz CT molecular complexity index is 1770. The number of ether oxygens (including phenoxy) is 1. The van der Waals surface area contributed by atoms with Crippen LogP contribution in [0.5, 0.6) is 5.75 Å². The number of hydrogen-bond acceptors (Lipinski definition) is 1. The standard InChI is InChI=1S/C36H26F8O/c1-2-3-4-5-21-6-8-22(9-7-21)24-12-15-28(29(38)16-24)25-17-32(41)35(33(42)18-25)36(43,44)45-27-19-30(39)34(31(40)20-27)23-10-13-26(37)14-11-23/h6-20H,2-5H2,1H3. The Morgan fingerprint density at radius 2 is 1.11 bits per heavy atom. The number of hydrogen-bond donors (Lipinski definition) is 0. The Morgan fingerprint density at radius 1 is 0.556 bits per heavy atom. The third kappa shape index (κ3) is 7.03. The first-order valence-electron chi connectivity index (χ1n) is 14.2.